The topological polar surface area (TPSA) is 29.9 Å². The van der Waals surface area contributed by atoms with Crippen LogP contribution in [0.4, 0.5) is 0 Å². The summed E-state index contributed by atoms with van der Waals surface area (Å²) >= 11 is 7.20. The first kappa shape index (κ1) is 13.2. The summed E-state index contributed by atoms with van der Waals surface area (Å²) < 4.78 is 8.09. The maximum Gasteiger partial charge on any atom is 0.178 e. The van der Waals surface area contributed by atoms with Gasteiger partial charge in [-0.3, -0.25) is 0 Å². The maximum atomic E-state index is 5.35. The van der Waals surface area contributed by atoms with Crippen molar-refractivity contribution in [3.63, 3.8) is 0 Å². The molecule has 1 aromatic carbocycles. The fourth-order valence-electron chi connectivity index (χ4n) is 1.81. The van der Waals surface area contributed by atoms with Crippen molar-refractivity contribution in [2.45, 2.75) is 6.54 Å². The van der Waals surface area contributed by atoms with Crippen molar-refractivity contribution in [2.75, 3.05) is 18.6 Å². The van der Waals surface area contributed by atoms with Crippen LogP contribution in [0.25, 0.3) is 11.0 Å². The molecule has 0 aliphatic carbocycles. The third-order valence-corrected chi connectivity index (χ3v) is 3.94. The second-order valence-electron chi connectivity index (χ2n) is 3.83. The largest absolute Gasteiger partial charge is 0.497 e. The van der Waals surface area contributed by atoms with Gasteiger partial charge in [-0.1, -0.05) is 6.08 Å². The highest BCUT2D eigenvalue weighted by atomic mass is 32.2. The number of ether oxygens (including phenoxy) is 1. The van der Waals surface area contributed by atoms with E-state index in [0.717, 1.165) is 39.6 Å². The summed E-state index contributed by atoms with van der Waals surface area (Å²) in [4.78, 5) is 3.21. The van der Waals surface area contributed by atoms with Gasteiger partial charge in [-0.2, -0.15) is 11.8 Å². The van der Waals surface area contributed by atoms with Crippen molar-refractivity contribution in [3.05, 3.63) is 35.6 Å². The fraction of sp³-hybridized carbons (Fsp3) is 0.308. The number of thioether (sulfide) groups is 1. The number of benzene rings is 1. The Labute approximate surface area is 116 Å². The van der Waals surface area contributed by atoms with Crippen molar-refractivity contribution in [2.24, 2.45) is 0 Å². The van der Waals surface area contributed by atoms with Crippen molar-refractivity contribution < 1.29 is 4.74 Å². The van der Waals surface area contributed by atoms with E-state index in [4.69, 9.17) is 17.0 Å². The molecule has 2 rings (SSSR count). The zero-order valence-corrected chi connectivity index (χ0v) is 11.9. The molecule has 1 N–H and O–H groups in total. The van der Waals surface area contributed by atoms with Crippen molar-refractivity contribution in [1.82, 2.24) is 9.55 Å². The lowest BCUT2D eigenvalue weighted by molar-refractivity contribution is 0.415. The maximum absolute atomic E-state index is 5.35. The molecule has 0 aliphatic rings. The van der Waals surface area contributed by atoms with Crippen LogP contribution in [0.5, 0.6) is 5.75 Å². The van der Waals surface area contributed by atoms with Crippen LogP contribution in [0, 0.1) is 4.77 Å². The summed E-state index contributed by atoms with van der Waals surface area (Å²) in [6, 6.07) is 5.97. The summed E-state index contributed by atoms with van der Waals surface area (Å²) in [5.41, 5.74) is 2.15. The number of aromatic amines is 1. The molecule has 0 saturated heterocycles. The number of fused-ring (bicyclic) bond motifs is 1. The van der Waals surface area contributed by atoms with E-state index >= 15 is 0 Å². The van der Waals surface area contributed by atoms with Gasteiger partial charge in [0.1, 0.15) is 5.75 Å². The highest BCUT2D eigenvalue weighted by molar-refractivity contribution is 7.99. The standard InChI is InChI=1S/C13H16N2OS2/c1-3-7-18-8-6-15-12-5-4-10(16-2)9-11(12)14-13(15)17/h3-5,9H,1,6-8H2,2H3,(H,14,17). The third-order valence-electron chi connectivity index (χ3n) is 2.68. The molecule has 0 amide bonds. The Morgan fingerprint density at radius 1 is 1.56 bits per heavy atom. The Morgan fingerprint density at radius 3 is 3.11 bits per heavy atom. The Balaban J connectivity index is 2.24. The number of hydrogen-bond acceptors (Lipinski definition) is 3. The number of H-pyrrole nitrogens is 1. The predicted molar refractivity (Wildman–Crippen MR) is 81.2 cm³/mol. The summed E-state index contributed by atoms with van der Waals surface area (Å²) in [6.45, 7) is 4.62. The normalized spacial score (nSPS) is 10.7. The average Bonchev–Trinajstić information content (AvgIpc) is 2.69. The molecule has 5 heteroatoms. The highest BCUT2D eigenvalue weighted by Crippen LogP contribution is 2.20. The lowest BCUT2D eigenvalue weighted by Crippen LogP contribution is -2.00. The molecule has 96 valence electrons. The van der Waals surface area contributed by atoms with Gasteiger partial charge < -0.3 is 14.3 Å². The van der Waals surface area contributed by atoms with Crippen LogP contribution in [-0.2, 0) is 6.54 Å². The molecule has 18 heavy (non-hydrogen) atoms. The third kappa shape index (κ3) is 2.79. The number of aryl methyl sites for hydroxylation is 1. The van der Waals surface area contributed by atoms with E-state index in [9.17, 15) is 0 Å². The van der Waals surface area contributed by atoms with Gasteiger partial charge >= 0.3 is 0 Å². The minimum atomic E-state index is 0.762. The zero-order chi connectivity index (χ0) is 13.0. The molecule has 1 heterocycles. The molecule has 0 aliphatic heterocycles. The minimum absolute atomic E-state index is 0.762. The van der Waals surface area contributed by atoms with E-state index in [0.29, 0.717) is 0 Å². The second kappa shape index (κ2) is 6.11. The number of nitrogens with zero attached hydrogens (tertiary/aromatic N) is 1. The van der Waals surface area contributed by atoms with Gasteiger partial charge in [0.25, 0.3) is 0 Å². The van der Waals surface area contributed by atoms with E-state index in [1.807, 2.05) is 36.0 Å². The van der Waals surface area contributed by atoms with E-state index in [2.05, 4.69) is 16.1 Å². The molecule has 0 spiro atoms. The van der Waals surface area contributed by atoms with Crippen LogP contribution in [0.3, 0.4) is 0 Å². The molecule has 2 aromatic rings. The highest BCUT2D eigenvalue weighted by Gasteiger charge is 2.05. The average molecular weight is 280 g/mol. The predicted octanol–water partition coefficient (Wildman–Crippen LogP) is 3.63. The Kier molecular flexibility index (Phi) is 4.49. The van der Waals surface area contributed by atoms with Crippen LogP contribution < -0.4 is 4.74 Å². The molecular formula is C13H16N2OS2. The van der Waals surface area contributed by atoms with Crippen molar-refractivity contribution in [3.8, 4) is 5.75 Å². The first-order valence-electron chi connectivity index (χ1n) is 5.71. The smallest absolute Gasteiger partial charge is 0.178 e. The number of imidazole rings is 1. The zero-order valence-electron chi connectivity index (χ0n) is 10.3. The van der Waals surface area contributed by atoms with Crippen molar-refractivity contribution in [1.29, 1.82) is 0 Å². The molecule has 0 atom stereocenters. The van der Waals surface area contributed by atoms with Gasteiger partial charge in [0.05, 0.1) is 18.1 Å². The number of methoxy groups -OCH3 is 1. The molecular weight excluding hydrogens is 264 g/mol. The van der Waals surface area contributed by atoms with Gasteiger partial charge in [0.2, 0.25) is 0 Å². The second-order valence-corrected chi connectivity index (χ2v) is 5.36. The quantitative estimate of drug-likeness (QED) is 0.498. The summed E-state index contributed by atoms with van der Waals surface area (Å²) in [7, 11) is 1.67. The Morgan fingerprint density at radius 2 is 2.39 bits per heavy atom. The van der Waals surface area contributed by atoms with E-state index < -0.39 is 0 Å². The molecule has 0 fully saturated rings. The van der Waals surface area contributed by atoms with E-state index in [-0.39, 0.29) is 0 Å². The molecule has 0 saturated carbocycles. The molecule has 0 bridgehead atoms. The summed E-state index contributed by atoms with van der Waals surface area (Å²) in [5, 5.41) is 0. The number of aromatic nitrogens is 2. The van der Waals surface area contributed by atoms with Crippen LogP contribution in [0.1, 0.15) is 0 Å². The van der Waals surface area contributed by atoms with Gasteiger partial charge in [-0.15, -0.1) is 6.58 Å². The first-order chi connectivity index (χ1) is 8.76. The van der Waals surface area contributed by atoms with Gasteiger partial charge in [-0.05, 0) is 24.4 Å². The molecule has 1 aromatic heterocycles. The molecule has 3 nitrogen and oxygen atoms in total. The minimum Gasteiger partial charge on any atom is -0.497 e. The first-order valence-corrected chi connectivity index (χ1v) is 7.27. The Bertz CT molecular complexity index is 601. The molecule has 0 unspecified atom stereocenters. The van der Waals surface area contributed by atoms with E-state index in [1.54, 1.807) is 7.11 Å². The number of nitrogens with one attached hydrogen (secondary N) is 1. The van der Waals surface area contributed by atoms with Crippen LogP contribution in [0.2, 0.25) is 0 Å². The lowest BCUT2D eigenvalue weighted by atomic mass is 10.3. The summed E-state index contributed by atoms with van der Waals surface area (Å²) in [5.74, 6) is 2.84. The monoisotopic (exact) mass is 280 g/mol. The van der Waals surface area contributed by atoms with Gasteiger partial charge in [-0.25, -0.2) is 0 Å². The van der Waals surface area contributed by atoms with Crippen LogP contribution >= 0.6 is 24.0 Å². The van der Waals surface area contributed by atoms with Crippen LogP contribution in [-0.4, -0.2) is 28.2 Å². The number of rotatable bonds is 6. The van der Waals surface area contributed by atoms with E-state index in [1.165, 1.54) is 0 Å². The van der Waals surface area contributed by atoms with Crippen LogP contribution in [0.15, 0.2) is 30.9 Å². The fourth-order valence-corrected chi connectivity index (χ4v) is 2.76. The SMILES string of the molecule is C=CCSCCn1c(=S)[nH]c2cc(OC)ccc21. The van der Waals surface area contributed by atoms with Gasteiger partial charge in [0, 0.05) is 24.1 Å². The van der Waals surface area contributed by atoms with Crippen molar-refractivity contribution >= 4 is 35.0 Å². The molecule has 0 radical (unpaired) electrons. The summed E-state index contributed by atoms with van der Waals surface area (Å²) in [6.07, 6.45) is 1.92. The Hall–Kier alpha value is -1.20. The number of hydrogen-bond donors (Lipinski definition) is 1. The lowest BCUT2D eigenvalue weighted by Gasteiger charge is -2.04. The van der Waals surface area contributed by atoms with Gasteiger partial charge in [0.15, 0.2) is 4.77 Å².